The third-order valence-corrected chi connectivity index (χ3v) is 1.72. The van der Waals surface area contributed by atoms with Gasteiger partial charge >= 0.3 is 0 Å². The van der Waals surface area contributed by atoms with Crippen LogP contribution in [-0.2, 0) is 0 Å². The van der Waals surface area contributed by atoms with E-state index in [-0.39, 0.29) is 0 Å². The highest BCUT2D eigenvalue weighted by molar-refractivity contribution is 5.30. The lowest BCUT2D eigenvalue weighted by Gasteiger charge is -2.03. The molecule has 15 heavy (non-hydrogen) atoms. The fourth-order valence-electron chi connectivity index (χ4n) is 1.11. The first-order chi connectivity index (χ1) is 7.45. The monoisotopic (exact) mass is 202 g/mol. The van der Waals surface area contributed by atoms with Crippen molar-refractivity contribution in [2.75, 3.05) is 7.11 Å². The van der Waals surface area contributed by atoms with Crippen LogP contribution in [0.4, 0.5) is 0 Å². The smallest absolute Gasteiger partial charge is 0.127 e. The molecule has 0 unspecified atom stereocenters. The Balaban J connectivity index is 0.000000531. The minimum atomic E-state index is 0.869. The molecule has 2 heteroatoms. The van der Waals surface area contributed by atoms with Crippen molar-refractivity contribution in [1.82, 2.24) is 0 Å². The molecule has 0 atom stereocenters. The van der Waals surface area contributed by atoms with Crippen LogP contribution >= 0.6 is 0 Å². The van der Waals surface area contributed by atoms with Gasteiger partial charge in [0.1, 0.15) is 11.5 Å². The van der Waals surface area contributed by atoms with E-state index in [0.717, 1.165) is 18.6 Å². The zero-order valence-corrected chi connectivity index (χ0v) is 8.63. The molecule has 0 aliphatic carbocycles. The molecule has 0 heterocycles. The highest BCUT2D eigenvalue weighted by atomic mass is 16.5. The van der Waals surface area contributed by atoms with Crippen molar-refractivity contribution in [3.8, 4) is 11.5 Å². The number of benzene rings is 2. The van der Waals surface area contributed by atoms with Crippen LogP contribution in [0.15, 0.2) is 60.7 Å². The van der Waals surface area contributed by atoms with Crippen LogP contribution in [0.1, 0.15) is 0 Å². The zero-order chi connectivity index (χ0) is 10.9. The maximum Gasteiger partial charge on any atom is 0.127 e. The summed E-state index contributed by atoms with van der Waals surface area (Å²) in [6, 6.07) is 19.5. The molecule has 0 radical (unpaired) electrons. The van der Waals surface area contributed by atoms with Crippen molar-refractivity contribution in [3.63, 3.8) is 0 Å². The van der Waals surface area contributed by atoms with Gasteiger partial charge in [0.15, 0.2) is 0 Å². The van der Waals surface area contributed by atoms with Crippen LogP contribution in [0.2, 0.25) is 0 Å². The van der Waals surface area contributed by atoms with Crippen LogP contribution in [0.25, 0.3) is 0 Å². The molecule has 2 aromatic carbocycles. The second-order valence-electron chi connectivity index (χ2n) is 2.73. The summed E-state index contributed by atoms with van der Waals surface area (Å²) in [4.78, 5) is 0. The van der Waals surface area contributed by atoms with Gasteiger partial charge in [0, 0.05) is 7.11 Å². The number of aliphatic hydroxyl groups is 1. The van der Waals surface area contributed by atoms with E-state index in [1.54, 1.807) is 0 Å². The molecule has 0 aromatic heterocycles. The standard InChI is InChI=1S/C12H10O.CH4O/c1-3-7-11(8-4-1)13-12-9-5-2-6-10-12;1-2/h1-10H;2H,1H3. The topological polar surface area (TPSA) is 29.5 Å². The van der Waals surface area contributed by atoms with Crippen molar-refractivity contribution in [2.45, 2.75) is 0 Å². The number of aliphatic hydroxyl groups excluding tert-OH is 1. The molecule has 2 rings (SSSR count). The molecular weight excluding hydrogens is 188 g/mol. The summed E-state index contributed by atoms with van der Waals surface area (Å²) >= 11 is 0. The number of hydrogen-bond donors (Lipinski definition) is 1. The van der Waals surface area contributed by atoms with Crippen LogP contribution in [0, 0.1) is 0 Å². The van der Waals surface area contributed by atoms with Crippen LogP contribution in [0.5, 0.6) is 11.5 Å². The van der Waals surface area contributed by atoms with Gasteiger partial charge in [-0.3, -0.25) is 0 Å². The third-order valence-electron chi connectivity index (χ3n) is 1.72. The van der Waals surface area contributed by atoms with Gasteiger partial charge < -0.3 is 9.84 Å². The van der Waals surface area contributed by atoms with Gasteiger partial charge in [0.2, 0.25) is 0 Å². The number of para-hydroxylation sites is 2. The quantitative estimate of drug-likeness (QED) is 0.810. The Labute approximate surface area is 89.8 Å². The first-order valence-corrected chi connectivity index (χ1v) is 4.68. The number of hydrogen-bond acceptors (Lipinski definition) is 2. The summed E-state index contributed by atoms with van der Waals surface area (Å²) in [5.74, 6) is 1.74. The minimum Gasteiger partial charge on any atom is -0.457 e. The second kappa shape index (κ2) is 6.62. The van der Waals surface area contributed by atoms with Gasteiger partial charge in [-0.05, 0) is 24.3 Å². The Morgan fingerprint density at radius 1 is 0.667 bits per heavy atom. The van der Waals surface area contributed by atoms with Crippen molar-refractivity contribution < 1.29 is 9.84 Å². The van der Waals surface area contributed by atoms with E-state index < -0.39 is 0 Å². The Bertz CT molecular complexity index is 319. The first kappa shape index (κ1) is 11.3. The maximum atomic E-state index is 7.00. The van der Waals surface area contributed by atoms with Crippen molar-refractivity contribution in [1.29, 1.82) is 0 Å². The van der Waals surface area contributed by atoms with Crippen LogP contribution in [-0.4, -0.2) is 12.2 Å². The summed E-state index contributed by atoms with van der Waals surface area (Å²) < 4.78 is 5.58. The Morgan fingerprint density at radius 3 is 1.33 bits per heavy atom. The number of ether oxygens (including phenoxy) is 1. The summed E-state index contributed by atoms with van der Waals surface area (Å²) in [7, 11) is 1.00. The molecule has 0 aliphatic heterocycles. The molecule has 0 saturated carbocycles. The van der Waals surface area contributed by atoms with E-state index in [1.807, 2.05) is 60.7 Å². The molecule has 1 N–H and O–H groups in total. The summed E-state index contributed by atoms with van der Waals surface area (Å²) in [6.07, 6.45) is 0. The Morgan fingerprint density at radius 2 is 1.00 bits per heavy atom. The Kier molecular flexibility index (Phi) is 4.98. The highest BCUT2D eigenvalue weighted by Gasteiger charge is 1.92. The van der Waals surface area contributed by atoms with Gasteiger partial charge in [0.05, 0.1) is 0 Å². The van der Waals surface area contributed by atoms with Gasteiger partial charge in [-0.2, -0.15) is 0 Å². The van der Waals surface area contributed by atoms with Crippen LogP contribution < -0.4 is 4.74 Å². The third kappa shape index (κ3) is 3.83. The van der Waals surface area contributed by atoms with Crippen molar-refractivity contribution >= 4 is 0 Å². The second-order valence-corrected chi connectivity index (χ2v) is 2.73. The highest BCUT2D eigenvalue weighted by Crippen LogP contribution is 2.19. The minimum absolute atomic E-state index is 0.869. The average Bonchev–Trinajstić information content (AvgIpc) is 2.34. The summed E-state index contributed by atoms with van der Waals surface area (Å²) in [5, 5.41) is 7.00. The average molecular weight is 202 g/mol. The lowest BCUT2D eigenvalue weighted by atomic mass is 10.3. The number of rotatable bonds is 2. The van der Waals surface area contributed by atoms with Gasteiger partial charge in [-0.25, -0.2) is 0 Å². The van der Waals surface area contributed by atoms with E-state index in [9.17, 15) is 0 Å². The molecule has 0 saturated heterocycles. The fraction of sp³-hybridized carbons (Fsp3) is 0.0769. The largest absolute Gasteiger partial charge is 0.457 e. The van der Waals surface area contributed by atoms with E-state index in [4.69, 9.17) is 9.84 Å². The van der Waals surface area contributed by atoms with Gasteiger partial charge in [-0.15, -0.1) is 0 Å². The van der Waals surface area contributed by atoms with E-state index in [0.29, 0.717) is 0 Å². The lowest BCUT2D eigenvalue weighted by Crippen LogP contribution is -1.81. The normalized spacial score (nSPS) is 8.67. The predicted octanol–water partition coefficient (Wildman–Crippen LogP) is 3.09. The molecule has 0 fully saturated rings. The predicted molar refractivity (Wildman–Crippen MR) is 61.1 cm³/mol. The molecular formula is C13H14O2. The summed E-state index contributed by atoms with van der Waals surface area (Å²) in [6.45, 7) is 0. The van der Waals surface area contributed by atoms with Crippen molar-refractivity contribution in [2.24, 2.45) is 0 Å². The summed E-state index contributed by atoms with van der Waals surface area (Å²) in [5.41, 5.74) is 0. The molecule has 0 bridgehead atoms. The molecule has 0 amide bonds. The van der Waals surface area contributed by atoms with E-state index in [2.05, 4.69) is 0 Å². The molecule has 78 valence electrons. The first-order valence-electron chi connectivity index (χ1n) is 4.68. The Hall–Kier alpha value is -1.80. The van der Waals surface area contributed by atoms with Gasteiger partial charge in [-0.1, -0.05) is 36.4 Å². The molecule has 2 nitrogen and oxygen atoms in total. The van der Waals surface area contributed by atoms with Gasteiger partial charge in [0.25, 0.3) is 0 Å². The van der Waals surface area contributed by atoms with E-state index in [1.165, 1.54) is 0 Å². The lowest BCUT2D eigenvalue weighted by molar-refractivity contribution is 0.399. The fourth-order valence-corrected chi connectivity index (χ4v) is 1.11. The zero-order valence-electron chi connectivity index (χ0n) is 8.63. The molecule has 0 aliphatic rings. The molecule has 2 aromatic rings. The van der Waals surface area contributed by atoms with Crippen molar-refractivity contribution in [3.05, 3.63) is 60.7 Å². The maximum absolute atomic E-state index is 7.00. The molecule has 0 spiro atoms. The van der Waals surface area contributed by atoms with Crippen LogP contribution in [0.3, 0.4) is 0 Å². The SMILES string of the molecule is CO.c1ccc(Oc2ccccc2)cc1. The van der Waals surface area contributed by atoms with E-state index >= 15 is 0 Å².